The number of carbonyl (C=O) groups excluding carboxylic acids is 2. The van der Waals surface area contributed by atoms with Crippen molar-refractivity contribution in [2.24, 2.45) is 0 Å². The van der Waals surface area contributed by atoms with E-state index in [9.17, 15) is 22.8 Å². The molecule has 2 aromatic carbocycles. The van der Waals surface area contributed by atoms with E-state index in [1.807, 2.05) is 25.1 Å². The quantitative estimate of drug-likeness (QED) is 0.332. The Morgan fingerprint density at radius 2 is 1.89 bits per heavy atom. The first-order chi connectivity index (χ1) is 17.8. The van der Waals surface area contributed by atoms with Crippen LogP contribution in [0, 0.1) is 25.2 Å². The summed E-state index contributed by atoms with van der Waals surface area (Å²) >= 11 is 6.18. The zero-order chi connectivity index (χ0) is 28.2. The summed E-state index contributed by atoms with van der Waals surface area (Å²) in [5.41, 5.74) is 2.82. The van der Waals surface area contributed by atoms with Gasteiger partial charge in [-0.25, -0.2) is 9.48 Å². The average Bonchev–Trinajstić information content (AvgIpc) is 3.12. The van der Waals surface area contributed by atoms with Crippen LogP contribution in [0.4, 0.5) is 13.2 Å². The fourth-order valence-electron chi connectivity index (χ4n) is 3.79. The lowest BCUT2D eigenvalue weighted by atomic mass is 9.97. The maximum Gasteiger partial charge on any atom is 0.491 e. The molecule has 0 bridgehead atoms. The predicted molar refractivity (Wildman–Crippen MR) is 135 cm³/mol. The molecule has 1 amide bonds. The van der Waals surface area contributed by atoms with E-state index < -0.39 is 18.1 Å². The first-order valence-electron chi connectivity index (χ1n) is 11.4. The molecule has 0 unspecified atom stereocenters. The minimum atomic E-state index is -5.22. The number of likely N-dealkylation sites (N-methyl/N-ethyl adjacent to an activating group) is 1. The van der Waals surface area contributed by atoms with Crippen molar-refractivity contribution in [3.05, 3.63) is 75.1 Å². The summed E-state index contributed by atoms with van der Waals surface area (Å²) in [4.78, 5) is 26.5. The molecule has 12 heteroatoms. The standard InChI is InChI=1S/C26H25ClF3N5O3/c1-15-20(16(2)35(33-15)18-9-8-17(14-31)22(27)12-18)13-21-19(24(36)32-10-11-34(3)4)6-5-7-23(21)38-25(37)26(28,29)30/h5-9,12H,10-11,13H2,1-4H3,(H,32,36). The third-order valence-electron chi connectivity index (χ3n) is 5.77. The molecule has 1 heterocycles. The highest BCUT2D eigenvalue weighted by Crippen LogP contribution is 2.31. The topological polar surface area (TPSA) is 100 Å². The van der Waals surface area contributed by atoms with Crippen LogP contribution < -0.4 is 10.1 Å². The fraction of sp³-hybridized carbons (Fsp3) is 0.308. The molecule has 0 spiro atoms. The zero-order valence-electron chi connectivity index (χ0n) is 21.1. The first kappa shape index (κ1) is 28.7. The van der Waals surface area contributed by atoms with Gasteiger partial charge in [0.2, 0.25) is 0 Å². The molecule has 0 saturated carbocycles. The molecule has 1 N–H and O–H groups in total. The normalized spacial score (nSPS) is 11.4. The molecule has 38 heavy (non-hydrogen) atoms. The number of amides is 1. The van der Waals surface area contributed by atoms with Gasteiger partial charge in [-0.2, -0.15) is 23.5 Å². The molecule has 3 aromatic rings. The molecule has 0 radical (unpaired) electrons. The monoisotopic (exact) mass is 547 g/mol. The number of halogens is 4. The van der Waals surface area contributed by atoms with Crippen molar-refractivity contribution < 1.29 is 27.5 Å². The molecule has 0 atom stereocenters. The van der Waals surface area contributed by atoms with E-state index in [1.165, 1.54) is 18.2 Å². The lowest BCUT2D eigenvalue weighted by Crippen LogP contribution is -2.32. The lowest BCUT2D eigenvalue weighted by molar-refractivity contribution is -0.189. The highest BCUT2D eigenvalue weighted by atomic mass is 35.5. The molecule has 0 aliphatic heterocycles. The smallest absolute Gasteiger partial charge is 0.420 e. The van der Waals surface area contributed by atoms with Gasteiger partial charge in [-0.05, 0) is 58.3 Å². The van der Waals surface area contributed by atoms with E-state index in [0.29, 0.717) is 41.3 Å². The van der Waals surface area contributed by atoms with Gasteiger partial charge in [-0.1, -0.05) is 17.7 Å². The summed E-state index contributed by atoms with van der Waals surface area (Å²) in [6.45, 7) is 4.31. The maximum atomic E-state index is 13.0. The Bertz CT molecular complexity index is 1410. The molecular formula is C26H25ClF3N5O3. The summed E-state index contributed by atoms with van der Waals surface area (Å²) < 4.78 is 45.3. The van der Waals surface area contributed by atoms with Crippen molar-refractivity contribution >= 4 is 23.5 Å². The Morgan fingerprint density at radius 3 is 2.50 bits per heavy atom. The van der Waals surface area contributed by atoms with E-state index in [2.05, 4.69) is 10.4 Å². The van der Waals surface area contributed by atoms with E-state index in [-0.39, 0.29) is 28.3 Å². The van der Waals surface area contributed by atoms with Gasteiger partial charge >= 0.3 is 12.1 Å². The number of hydrogen-bond donors (Lipinski definition) is 1. The molecule has 3 rings (SSSR count). The van der Waals surface area contributed by atoms with E-state index in [4.69, 9.17) is 21.6 Å². The van der Waals surface area contributed by atoms with E-state index in [1.54, 1.807) is 36.7 Å². The van der Waals surface area contributed by atoms with E-state index >= 15 is 0 Å². The van der Waals surface area contributed by atoms with Crippen molar-refractivity contribution in [3.8, 4) is 17.5 Å². The molecule has 0 aliphatic carbocycles. The Kier molecular flexibility index (Phi) is 8.81. The third-order valence-corrected chi connectivity index (χ3v) is 6.08. The number of esters is 1. The van der Waals surface area contributed by atoms with Crippen LogP contribution in [0.2, 0.25) is 5.02 Å². The van der Waals surface area contributed by atoms with Gasteiger partial charge in [0.25, 0.3) is 5.91 Å². The molecule has 8 nitrogen and oxygen atoms in total. The van der Waals surface area contributed by atoms with Crippen LogP contribution in [-0.4, -0.2) is 59.9 Å². The Hall–Kier alpha value is -3.88. The van der Waals surface area contributed by atoms with Crippen molar-refractivity contribution in [2.75, 3.05) is 27.2 Å². The van der Waals surface area contributed by atoms with Crippen LogP contribution in [0.1, 0.15) is 38.4 Å². The molecule has 0 saturated heterocycles. The van der Waals surface area contributed by atoms with Gasteiger partial charge in [0.05, 0.1) is 22.0 Å². The molecule has 1 aromatic heterocycles. The van der Waals surface area contributed by atoms with Gasteiger partial charge in [0, 0.05) is 41.9 Å². The molecule has 200 valence electrons. The fourth-order valence-corrected chi connectivity index (χ4v) is 4.00. The van der Waals surface area contributed by atoms with Crippen molar-refractivity contribution in [3.63, 3.8) is 0 Å². The Balaban J connectivity index is 2.06. The maximum absolute atomic E-state index is 13.0. The number of carbonyl (C=O) groups is 2. The summed E-state index contributed by atoms with van der Waals surface area (Å²) in [6, 6.07) is 10.8. The summed E-state index contributed by atoms with van der Waals surface area (Å²) in [5, 5.41) is 16.6. The molecular weight excluding hydrogens is 523 g/mol. The Labute approximate surface area is 222 Å². The van der Waals surface area contributed by atoms with Gasteiger partial charge in [-0.3, -0.25) is 4.79 Å². The highest BCUT2D eigenvalue weighted by Gasteiger charge is 2.42. The number of aromatic nitrogens is 2. The second kappa shape index (κ2) is 11.7. The van der Waals surface area contributed by atoms with Crippen LogP contribution in [0.5, 0.6) is 5.75 Å². The van der Waals surface area contributed by atoms with Crippen molar-refractivity contribution in [2.45, 2.75) is 26.4 Å². The number of ether oxygens (including phenoxy) is 1. The van der Waals surface area contributed by atoms with Crippen LogP contribution in [0.3, 0.4) is 0 Å². The van der Waals surface area contributed by atoms with Crippen LogP contribution in [0.15, 0.2) is 36.4 Å². The van der Waals surface area contributed by atoms with Crippen LogP contribution in [-0.2, 0) is 11.2 Å². The second-order valence-corrected chi connectivity index (χ2v) is 9.15. The number of nitrogens with zero attached hydrogens (tertiary/aromatic N) is 4. The van der Waals surface area contributed by atoms with Crippen LogP contribution >= 0.6 is 11.6 Å². The second-order valence-electron chi connectivity index (χ2n) is 8.74. The number of nitriles is 1. The number of rotatable bonds is 8. The summed E-state index contributed by atoms with van der Waals surface area (Å²) in [7, 11) is 3.66. The number of nitrogens with one attached hydrogen (secondary N) is 1. The lowest BCUT2D eigenvalue weighted by Gasteiger charge is -2.17. The van der Waals surface area contributed by atoms with Crippen molar-refractivity contribution in [1.29, 1.82) is 5.26 Å². The minimum absolute atomic E-state index is 0.0422. The van der Waals surface area contributed by atoms with Gasteiger partial charge in [0.15, 0.2) is 0 Å². The van der Waals surface area contributed by atoms with Gasteiger partial charge in [0.1, 0.15) is 11.8 Å². The average molecular weight is 548 g/mol. The van der Waals surface area contributed by atoms with E-state index in [0.717, 1.165) is 0 Å². The SMILES string of the molecule is Cc1nn(-c2ccc(C#N)c(Cl)c2)c(C)c1Cc1c(OC(=O)C(F)(F)F)cccc1C(=O)NCCN(C)C. The number of hydrogen-bond acceptors (Lipinski definition) is 6. The largest absolute Gasteiger partial charge is 0.491 e. The van der Waals surface area contributed by atoms with Gasteiger partial charge < -0.3 is 15.0 Å². The number of benzene rings is 2. The predicted octanol–water partition coefficient (Wildman–Crippen LogP) is 4.36. The zero-order valence-corrected chi connectivity index (χ0v) is 21.9. The van der Waals surface area contributed by atoms with Gasteiger partial charge in [-0.15, -0.1) is 0 Å². The highest BCUT2D eigenvalue weighted by molar-refractivity contribution is 6.31. The number of aryl methyl sites for hydroxylation is 1. The van der Waals surface area contributed by atoms with Crippen LogP contribution in [0.25, 0.3) is 5.69 Å². The first-order valence-corrected chi connectivity index (χ1v) is 11.8. The summed E-state index contributed by atoms with van der Waals surface area (Å²) in [6.07, 6.45) is -5.26. The summed E-state index contributed by atoms with van der Waals surface area (Å²) in [5.74, 6) is -3.28. The Morgan fingerprint density at radius 1 is 1.18 bits per heavy atom. The molecule has 0 fully saturated rings. The minimum Gasteiger partial charge on any atom is -0.420 e. The number of alkyl halides is 3. The third kappa shape index (κ3) is 6.51. The molecule has 0 aliphatic rings. The van der Waals surface area contributed by atoms with Crippen molar-refractivity contribution in [1.82, 2.24) is 20.0 Å².